The second-order valence-corrected chi connectivity index (χ2v) is 7.90. The monoisotopic (exact) mass is 356 g/mol. The number of rotatable bonds is 4. The number of anilines is 2. The summed E-state index contributed by atoms with van der Waals surface area (Å²) in [7, 11) is 0. The Morgan fingerprint density at radius 3 is 1.31 bits per heavy atom. The van der Waals surface area contributed by atoms with Crippen molar-refractivity contribution in [2.45, 2.75) is 77.0 Å². The van der Waals surface area contributed by atoms with Gasteiger partial charge < -0.3 is 10.6 Å². The highest BCUT2D eigenvalue weighted by Crippen LogP contribution is 2.29. The van der Waals surface area contributed by atoms with Crippen molar-refractivity contribution in [2.75, 3.05) is 10.6 Å². The number of hydrogen-bond donors (Lipinski definition) is 2. The second kappa shape index (κ2) is 9.75. The van der Waals surface area contributed by atoms with Crippen LogP contribution in [-0.2, 0) is 9.59 Å². The van der Waals surface area contributed by atoms with Crippen LogP contribution in [0.15, 0.2) is 24.3 Å². The van der Waals surface area contributed by atoms with Gasteiger partial charge in [-0.1, -0.05) is 63.5 Å². The van der Waals surface area contributed by atoms with E-state index in [1.807, 2.05) is 24.3 Å². The highest BCUT2D eigenvalue weighted by Gasteiger charge is 2.23. The van der Waals surface area contributed by atoms with Gasteiger partial charge in [-0.3, -0.25) is 9.59 Å². The van der Waals surface area contributed by atoms with Crippen LogP contribution in [0.3, 0.4) is 0 Å². The zero-order chi connectivity index (χ0) is 18.2. The minimum atomic E-state index is 0.100. The molecule has 2 saturated carbocycles. The van der Waals surface area contributed by atoms with E-state index >= 15 is 0 Å². The Labute approximate surface area is 157 Å². The Bertz CT molecular complexity index is 545. The molecular formula is C22H32N2O2. The lowest BCUT2D eigenvalue weighted by atomic mass is 9.99. The number of amides is 2. The second-order valence-electron chi connectivity index (χ2n) is 7.90. The Morgan fingerprint density at radius 1 is 0.615 bits per heavy atom. The van der Waals surface area contributed by atoms with E-state index in [4.69, 9.17) is 0 Å². The summed E-state index contributed by atoms with van der Waals surface area (Å²) < 4.78 is 0. The van der Waals surface area contributed by atoms with Crippen molar-refractivity contribution in [3.8, 4) is 0 Å². The first-order valence-corrected chi connectivity index (χ1v) is 10.4. The van der Waals surface area contributed by atoms with Crippen LogP contribution in [0.1, 0.15) is 77.0 Å². The summed E-state index contributed by atoms with van der Waals surface area (Å²) >= 11 is 0. The first-order valence-electron chi connectivity index (χ1n) is 10.4. The van der Waals surface area contributed by atoms with Crippen LogP contribution >= 0.6 is 0 Å². The van der Waals surface area contributed by atoms with Gasteiger partial charge >= 0.3 is 0 Å². The molecule has 0 radical (unpaired) electrons. The molecule has 2 aliphatic rings. The number of hydrogen-bond acceptors (Lipinski definition) is 2. The number of nitrogens with one attached hydrogen (secondary N) is 2. The molecule has 0 heterocycles. The van der Waals surface area contributed by atoms with Gasteiger partial charge in [-0.2, -0.15) is 0 Å². The molecule has 2 fully saturated rings. The summed E-state index contributed by atoms with van der Waals surface area (Å²) in [6, 6.07) is 7.59. The van der Waals surface area contributed by atoms with Crippen molar-refractivity contribution in [1.29, 1.82) is 0 Å². The van der Waals surface area contributed by atoms with Crippen molar-refractivity contribution in [3.05, 3.63) is 24.3 Å². The SMILES string of the molecule is O=C(Nc1ccccc1NC(=O)C1CCCCCC1)C1CCCCCC1. The van der Waals surface area contributed by atoms with Gasteiger partial charge in [0.25, 0.3) is 0 Å². The van der Waals surface area contributed by atoms with Gasteiger partial charge in [0.15, 0.2) is 0 Å². The first kappa shape index (κ1) is 18.9. The van der Waals surface area contributed by atoms with E-state index in [9.17, 15) is 9.59 Å². The third-order valence-corrected chi connectivity index (χ3v) is 5.89. The predicted molar refractivity (Wildman–Crippen MR) is 106 cm³/mol. The highest BCUT2D eigenvalue weighted by molar-refractivity contribution is 6.00. The maximum atomic E-state index is 12.7. The zero-order valence-corrected chi connectivity index (χ0v) is 15.8. The minimum Gasteiger partial charge on any atom is -0.324 e. The van der Waals surface area contributed by atoms with E-state index in [0.29, 0.717) is 0 Å². The molecule has 0 saturated heterocycles. The molecule has 0 aromatic heterocycles. The molecule has 1 aromatic carbocycles. The molecule has 0 bridgehead atoms. The highest BCUT2D eigenvalue weighted by atomic mass is 16.2. The van der Waals surface area contributed by atoms with Crippen LogP contribution in [0.5, 0.6) is 0 Å². The summed E-state index contributed by atoms with van der Waals surface area (Å²) in [5.74, 6) is 0.400. The fraction of sp³-hybridized carbons (Fsp3) is 0.636. The average Bonchev–Trinajstić information content (AvgIpc) is 3.08. The van der Waals surface area contributed by atoms with Crippen LogP contribution < -0.4 is 10.6 Å². The Hall–Kier alpha value is -1.84. The van der Waals surface area contributed by atoms with Crippen molar-refractivity contribution >= 4 is 23.2 Å². The zero-order valence-electron chi connectivity index (χ0n) is 15.8. The summed E-state index contributed by atoms with van der Waals surface area (Å²) in [6.07, 6.45) is 13.4. The number of para-hydroxylation sites is 2. The van der Waals surface area contributed by atoms with Crippen molar-refractivity contribution in [2.24, 2.45) is 11.8 Å². The van der Waals surface area contributed by atoms with Gasteiger partial charge in [0.1, 0.15) is 0 Å². The third-order valence-electron chi connectivity index (χ3n) is 5.89. The van der Waals surface area contributed by atoms with E-state index in [1.165, 1.54) is 25.7 Å². The van der Waals surface area contributed by atoms with Gasteiger partial charge in [-0.05, 0) is 37.8 Å². The fourth-order valence-corrected chi connectivity index (χ4v) is 4.25. The van der Waals surface area contributed by atoms with Crippen molar-refractivity contribution < 1.29 is 9.59 Å². The lowest BCUT2D eigenvalue weighted by Gasteiger charge is -2.19. The lowest BCUT2D eigenvalue weighted by Crippen LogP contribution is -2.25. The van der Waals surface area contributed by atoms with Crippen molar-refractivity contribution in [3.63, 3.8) is 0 Å². The molecule has 0 aliphatic heterocycles. The molecule has 26 heavy (non-hydrogen) atoms. The molecule has 0 unspecified atom stereocenters. The van der Waals surface area contributed by atoms with Crippen LogP contribution in [-0.4, -0.2) is 11.8 Å². The quantitative estimate of drug-likeness (QED) is 0.699. The molecule has 0 atom stereocenters. The Kier molecular flexibility index (Phi) is 7.10. The van der Waals surface area contributed by atoms with Gasteiger partial charge in [0.05, 0.1) is 11.4 Å². The molecular weight excluding hydrogens is 324 g/mol. The largest absolute Gasteiger partial charge is 0.324 e. The van der Waals surface area contributed by atoms with Gasteiger partial charge in [0, 0.05) is 11.8 Å². The molecule has 3 rings (SSSR count). The van der Waals surface area contributed by atoms with Crippen LogP contribution in [0.4, 0.5) is 11.4 Å². The van der Waals surface area contributed by atoms with Crippen LogP contribution in [0.2, 0.25) is 0 Å². The van der Waals surface area contributed by atoms with Gasteiger partial charge in [-0.15, -0.1) is 0 Å². The van der Waals surface area contributed by atoms with Gasteiger partial charge in [0.2, 0.25) is 11.8 Å². The number of carbonyl (C=O) groups is 2. The molecule has 2 aliphatic carbocycles. The van der Waals surface area contributed by atoms with E-state index in [2.05, 4.69) is 10.6 Å². The summed E-state index contributed by atoms with van der Waals surface area (Å²) in [4.78, 5) is 25.4. The maximum absolute atomic E-state index is 12.7. The average molecular weight is 357 g/mol. The van der Waals surface area contributed by atoms with E-state index in [0.717, 1.165) is 62.7 Å². The van der Waals surface area contributed by atoms with Crippen molar-refractivity contribution in [1.82, 2.24) is 0 Å². The van der Waals surface area contributed by atoms with E-state index < -0.39 is 0 Å². The summed E-state index contributed by atoms with van der Waals surface area (Å²) in [5, 5.41) is 6.15. The summed E-state index contributed by atoms with van der Waals surface area (Å²) in [6.45, 7) is 0. The molecule has 4 heteroatoms. The molecule has 142 valence electrons. The van der Waals surface area contributed by atoms with E-state index in [1.54, 1.807) is 0 Å². The lowest BCUT2D eigenvalue weighted by molar-refractivity contribution is -0.121. The fourth-order valence-electron chi connectivity index (χ4n) is 4.25. The van der Waals surface area contributed by atoms with Gasteiger partial charge in [-0.25, -0.2) is 0 Å². The minimum absolute atomic E-state index is 0.100. The normalized spacial score (nSPS) is 20.0. The van der Waals surface area contributed by atoms with Crippen LogP contribution in [0.25, 0.3) is 0 Å². The molecule has 4 nitrogen and oxygen atoms in total. The third kappa shape index (κ3) is 5.33. The molecule has 1 aromatic rings. The predicted octanol–water partition coefficient (Wildman–Crippen LogP) is 5.50. The maximum Gasteiger partial charge on any atom is 0.227 e. The summed E-state index contributed by atoms with van der Waals surface area (Å²) in [5.41, 5.74) is 1.45. The Morgan fingerprint density at radius 2 is 0.962 bits per heavy atom. The Balaban J connectivity index is 1.63. The number of benzene rings is 1. The number of carbonyl (C=O) groups excluding carboxylic acids is 2. The van der Waals surface area contributed by atoms with E-state index in [-0.39, 0.29) is 23.7 Å². The molecule has 0 spiro atoms. The topological polar surface area (TPSA) is 58.2 Å². The first-order chi connectivity index (χ1) is 12.7. The smallest absolute Gasteiger partial charge is 0.227 e. The molecule has 2 N–H and O–H groups in total. The standard InChI is InChI=1S/C22H32N2O2/c25-21(17-11-5-1-2-6-12-17)23-19-15-9-10-16-20(19)24-22(26)18-13-7-3-4-8-14-18/h9-10,15-18H,1-8,11-14H2,(H,23,25)(H,24,26). The molecule has 2 amide bonds. The van der Waals surface area contributed by atoms with Crippen LogP contribution in [0, 0.1) is 11.8 Å².